The number of halogens is 4. The van der Waals surface area contributed by atoms with Gasteiger partial charge in [-0.1, -0.05) is 0 Å². The van der Waals surface area contributed by atoms with Crippen LogP contribution in [0.25, 0.3) is 22.6 Å². The van der Waals surface area contributed by atoms with Crippen LogP contribution in [0.5, 0.6) is 0 Å². The Balaban J connectivity index is 1.28. The fourth-order valence-corrected chi connectivity index (χ4v) is 6.38. The van der Waals surface area contributed by atoms with Crippen LogP contribution in [0, 0.1) is 0 Å². The summed E-state index contributed by atoms with van der Waals surface area (Å²) >= 11 is 0. The van der Waals surface area contributed by atoms with Gasteiger partial charge in [0.1, 0.15) is 23.5 Å². The van der Waals surface area contributed by atoms with Gasteiger partial charge in [-0.15, -0.1) is 0 Å². The van der Waals surface area contributed by atoms with Gasteiger partial charge in [0.25, 0.3) is 10.0 Å². The molecule has 11 nitrogen and oxygen atoms in total. The Morgan fingerprint density at radius 3 is 2.45 bits per heavy atom. The molecule has 4 aromatic heterocycles. The predicted molar refractivity (Wildman–Crippen MR) is 146 cm³/mol. The minimum atomic E-state index is -4.58. The van der Waals surface area contributed by atoms with E-state index in [1.54, 1.807) is 12.1 Å². The highest BCUT2D eigenvalue weighted by Crippen LogP contribution is 2.36. The zero-order valence-corrected chi connectivity index (χ0v) is 23.2. The predicted octanol–water partition coefficient (Wildman–Crippen LogP) is 4.93. The zero-order chi connectivity index (χ0) is 29.6. The first kappa shape index (κ1) is 28.1. The second-order valence-electron chi connectivity index (χ2n) is 10.5. The topological polar surface area (TPSA) is 133 Å². The first-order chi connectivity index (χ1) is 20.0. The third-order valence-corrected chi connectivity index (χ3v) is 9.34. The molecule has 16 heteroatoms. The van der Waals surface area contributed by atoms with Crippen LogP contribution in [-0.2, 0) is 23.2 Å². The monoisotopic (exact) mass is 605 g/mol. The normalized spacial score (nSPS) is 19.5. The van der Waals surface area contributed by atoms with Crippen molar-refractivity contribution in [1.82, 2.24) is 33.9 Å². The molecule has 2 saturated carbocycles. The smallest absolute Gasteiger partial charge is 0.382 e. The first-order valence-corrected chi connectivity index (χ1v) is 14.9. The number of nitrogens with one attached hydrogen (secondary N) is 2. The van der Waals surface area contributed by atoms with E-state index >= 15 is 0 Å². The van der Waals surface area contributed by atoms with Gasteiger partial charge < -0.3 is 10.6 Å². The van der Waals surface area contributed by atoms with Gasteiger partial charge in [0.2, 0.25) is 0 Å². The maximum atomic E-state index is 13.7. The van der Waals surface area contributed by atoms with E-state index < -0.39 is 33.3 Å². The molecular weight excluding hydrogens is 578 g/mol. The van der Waals surface area contributed by atoms with Crippen molar-refractivity contribution in [2.45, 2.75) is 62.2 Å². The Morgan fingerprint density at radius 1 is 1.00 bits per heavy atom. The van der Waals surface area contributed by atoms with Crippen LogP contribution in [0.2, 0.25) is 0 Å². The van der Waals surface area contributed by atoms with E-state index in [-0.39, 0.29) is 17.6 Å². The number of aromatic nitrogens is 7. The molecule has 4 aromatic rings. The SMILES string of the molecule is Cn1nc(-c2cnc(Nc3ccnc(-c4cnn(S(=O)(=O)C5CC5)c4)n3)cc2NC2CCC(F)CC2)cc1C(F)(F)F. The van der Waals surface area contributed by atoms with E-state index in [4.69, 9.17) is 0 Å². The molecule has 6 rings (SSSR count). The van der Waals surface area contributed by atoms with Gasteiger partial charge in [-0.25, -0.2) is 27.8 Å². The van der Waals surface area contributed by atoms with Crippen molar-refractivity contribution in [2.24, 2.45) is 7.05 Å². The third kappa shape index (κ3) is 5.80. The molecule has 0 aromatic carbocycles. The summed E-state index contributed by atoms with van der Waals surface area (Å²) < 4.78 is 80.8. The van der Waals surface area contributed by atoms with Gasteiger partial charge in [-0.2, -0.15) is 27.5 Å². The molecule has 2 aliphatic rings. The molecule has 0 spiro atoms. The van der Waals surface area contributed by atoms with Crippen LogP contribution in [0.3, 0.4) is 0 Å². The van der Waals surface area contributed by atoms with Crippen LogP contribution < -0.4 is 10.6 Å². The van der Waals surface area contributed by atoms with Gasteiger partial charge >= 0.3 is 6.18 Å². The highest BCUT2D eigenvalue weighted by molar-refractivity contribution is 7.90. The Hall–Kier alpha value is -4.08. The second-order valence-corrected chi connectivity index (χ2v) is 12.6. The average molecular weight is 606 g/mol. The molecule has 0 bridgehead atoms. The van der Waals surface area contributed by atoms with Crippen molar-refractivity contribution in [3.8, 4) is 22.6 Å². The molecule has 4 heterocycles. The summed E-state index contributed by atoms with van der Waals surface area (Å²) in [5, 5.41) is 14.1. The Bertz CT molecular complexity index is 1710. The van der Waals surface area contributed by atoms with E-state index in [0.717, 1.165) is 14.8 Å². The number of pyridine rings is 1. The van der Waals surface area contributed by atoms with Crippen LogP contribution in [0.4, 0.5) is 34.9 Å². The third-order valence-electron chi connectivity index (χ3n) is 7.30. The minimum Gasteiger partial charge on any atom is -0.382 e. The number of hydrogen-bond donors (Lipinski definition) is 2. The number of nitrogens with zero attached hydrogens (tertiary/aromatic N) is 7. The van der Waals surface area contributed by atoms with Crippen molar-refractivity contribution < 1.29 is 26.0 Å². The molecule has 2 aliphatic carbocycles. The lowest BCUT2D eigenvalue weighted by Crippen LogP contribution is -2.27. The largest absolute Gasteiger partial charge is 0.433 e. The van der Waals surface area contributed by atoms with E-state index in [0.29, 0.717) is 67.0 Å². The zero-order valence-electron chi connectivity index (χ0n) is 22.4. The van der Waals surface area contributed by atoms with Crippen molar-refractivity contribution in [3.63, 3.8) is 0 Å². The molecule has 0 radical (unpaired) electrons. The van der Waals surface area contributed by atoms with Crippen molar-refractivity contribution in [3.05, 3.63) is 48.7 Å². The van der Waals surface area contributed by atoms with Crippen LogP contribution in [0.15, 0.2) is 43.0 Å². The van der Waals surface area contributed by atoms with Gasteiger partial charge in [0, 0.05) is 42.8 Å². The molecule has 42 heavy (non-hydrogen) atoms. The van der Waals surface area contributed by atoms with Crippen molar-refractivity contribution >= 4 is 27.3 Å². The summed E-state index contributed by atoms with van der Waals surface area (Å²) in [4.78, 5) is 13.1. The fourth-order valence-electron chi connectivity index (χ4n) is 4.91. The molecular formula is C26H27F4N9O2S. The summed E-state index contributed by atoms with van der Waals surface area (Å²) in [7, 11) is -2.32. The number of rotatable bonds is 8. The summed E-state index contributed by atoms with van der Waals surface area (Å²) in [6.45, 7) is 0. The molecule has 2 N–H and O–H groups in total. The fraction of sp³-hybridized carbons (Fsp3) is 0.423. The number of anilines is 3. The molecule has 0 aliphatic heterocycles. The number of alkyl halides is 4. The van der Waals surface area contributed by atoms with Crippen molar-refractivity contribution in [2.75, 3.05) is 10.6 Å². The Labute approximate surface area is 238 Å². The molecule has 0 amide bonds. The molecule has 0 unspecified atom stereocenters. The highest BCUT2D eigenvalue weighted by atomic mass is 32.2. The standard InChI is InChI=1S/C26H27F4N9O2S/c1-38-22(26(28,29)30)10-21(37-38)19-13-32-24(11-20(19)34-17-4-2-16(27)3-5-17)35-23-8-9-31-25(36-23)15-12-33-39(14-15)42(40,41)18-6-7-18/h8-14,16-18H,2-7H2,1H3,(H2,31,32,34,35,36). The summed E-state index contributed by atoms with van der Waals surface area (Å²) in [5.41, 5.74) is 0.454. The van der Waals surface area contributed by atoms with Crippen LogP contribution in [-0.4, -0.2) is 59.8 Å². The quantitative estimate of drug-likeness (QED) is 0.268. The first-order valence-electron chi connectivity index (χ1n) is 13.4. The van der Waals surface area contributed by atoms with E-state index in [1.807, 2.05) is 0 Å². The van der Waals surface area contributed by atoms with Gasteiger partial charge in [0.05, 0.1) is 28.9 Å². The van der Waals surface area contributed by atoms with Gasteiger partial charge in [-0.3, -0.25) is 4.68 Å². The average Bonchev–Trinajstić information content (AvgIpc) is 3.55. The Kier molecular flexibility index (Phi) is 7.11. The number of hydrogen-bond acceptors (Lipinski definition) is 9. The van der Waals surface area contributed by atoms with Crippen LogP contribution >= 0.6 is 0 Å². The van der Waals surface area contributed by atoms with Gasteiger partial charge in [0.15, 0.2) is 5.82 Å². The number of aryl methyl sites for hydroxylation is 1. The maximum absolute atomic E-state index is 13.7. The Morgan fingerprint density at radius 2 is 1.76 bits per heavy atom. The second kappa shape index (κ2) is 10.6. The van der Waals surface area contributed by atoms with Crippen LogP contribution in [0.1, 0.15) is 44.2 Å². The molecule has 0 saturated heterocycles. The van der Waals surface area contributed by atoms with Gasteiger partial charge in [-0.05, 0) is 50.7 Å². The summed E-state index contributed by atoms with van der Waals surface area (Å²) in [5.74, 6) is 0.923. The van der Waals surface area contributed by atoms with E-state index in [1.165, 1.54) is 31.8 Å². The highest BCUT2D eigenvalue weighted by Gasteiger charge is 2.38. The van der Waals surface area contributed by atoms with E-state index in [9.17, 15) is 26.0 Å². The molecule has 2 fully saturated rings. The summed E-state index contributed by atoms with van der Waals surface area (Å²) in [6.07, 6.45) is 3.37. The maximum Gasteiger partial charge on any atom is 0.433 e. The molecule has 0 atom stereocenters. The lowest BCUT2D eigenvalue weighted by Gasteiger charge is -2.27. The lowest BCUT2D eigenvalue weighted by atomic mass is 9.93. The lowest BCUT2D eigenvalue weighted by molar-refractivity contribution is -0.143. The van der Waals surface area contributed by atoms with E-state index in [2.05, 4.69) is 35.8 Å². The minimum absolute atomic E-state index is 0.0779. The summed E-state index contributed by atoms with van der Waals surface area (Å²) in [6, 6.07) is 4.12. The van der Waals surface area contributed by atoms with Crippen molar-refractivity contribution in [1.29, 1.82) is 0 Å². The molecule has 222 valence electrons.